The van der Waals surface area contributed by atoms with Crippen LogP contribution in [-0.4, -0.2) is 42.4 Å². The quantitative estimate of drug-likeness (QED) is 0.862. The molecule has 0 radical (unpaired) electrons. The molecule has 2 rings (SSSR count). The summed E-state index contributed by atoms with van der Waals surface area (Å²) in [4.78, 5) is 2.37. The predicted molar refractivity (Wildman–Crippen MR) is 80.7 cm³/mol. The molecule has 0 saturated carbocycles. The summed E-state index contributed by atoms with van der Waals surface area (Å²) < 4.78 is 5.48. The van der Waals surface area contributed by atoms with Crippen LogP contribution < -0.4 is 10.5 Å². The third kappa shape index (κ3) is 3.14. The average Bonchev–Trinajstić information content (AvgIpc) is 2.89. The lowest BCUT2D eigenvalue weighted by molar-refractivity contribution is 0.119. The molecule has 112 valence electrons. The summed E-state index contributed by atoms with van der Waals surface area (Å²) in [6.07, 6.45) is 0.766. The standard InChI is InChI=1S/C16H26N2O2/c1-11(17)16(14-6-4-5-7-15(14)20-3)18-9-8-13(10-18)12(2)19/h4-7,11-13,16,19H,8-10,17H2,1-3H3. The Labute approximate surface area is 121 Å². The lowest BCUT2D eigenvalue weighted by atomic mass is 9.98. The fourth-order valence-electron chi connectivity index (χ4n) is 3.19. The number of para-hydroxylation sites is 1. The summed E-state index contributed by atoms with van der Waals surface area (Å²) in [5, 5.41) is 9.78. The Kier molecular flexibility index (Phi) is 5.02. The van der Waals surface area contributed by atoms with Crippen LogP contribution in [0.25, 0.3) is 0 Å². The van der Waals surface area contributed by atoms with Gasteiger partial charge in [-0.1, -0.05) is 18.2 Å². The van der Waals surface area contributed by atoms with Crippen LogP contribution in [0.1, 0.15) is 31.9 Å². The van der Waals surface area contributed by atoms with Gasteiger partial charge in [-0.2, -0.15) is 0 Å². The molecule has 4 nitrogen and oxygen atoms in total. The van der Waals surface area contributed by atoms with E-state index in [9.17, 15) is 5.11 Å². The van der Waals surface area contributed by atoms with Crippen LogP contribution in [-0.2, 0) is 0 Å². The minimum Gasteiger partial charge on any atom is -0.496 e. The van der Waals surface area contributed by atoms with Crippen LogP contribution in [0.15, 0.2) is 24.3 Å². The van der Waals surface area contributed by atoms with Crippen molar-refractivity contribution in [3.63, 3.8) is 0 Å². The van der Waals surface area contributed by atoms with Gasteiger partial charge in [-0.25, -0.2) is 0 Å². The molecule has 4 atom stereocenters. The highest BCUT2D eigenvalue weighted by atomic mass is 16.5. The van der Waals surface area contributed by atoms with Crippen molar-refractivity contribution in [2.75, 3.05) is 20.2 Å². The second-order valence-electron chi connectivity index (χ2n) is 5.83. The molecule has 0 spiro atoms. The molecular formula is C16H26N2O2. The van der Waals surface area contributed by atoms with E-state index >= 15 is 0 Å². The molecule has 1 aromatic rings. The van der Waals surface area contributed by atoms with Crippen molar-refractivity contribution in [1.82, 2.24) is 4.90 Å². The highest BCUT2D eigenvalue weighted by Crippen LogP contribution is 2.35. The number of hydrogen-bond donors (Lipinski definition) is 2. The van der Waals surface area contributed by atoms with Gasteiger partial charge in [-0.3, -0.25) is 4.90 Å². The van der Waals surface area contributed by atoms with Crippen LogP contribution in [0.2, 0.25) is 0 Å². The Hall–Kier alpha value is -1.10. The first-order valence-electron chi connectivity index (χ1n) is 7.35. The van der Waals surface area contributed by atoms with E-state index in [4.69, 9.17) is 10.5 Å². The number of benzene rings is 1. The number of rotatable bonds is 5. The lowest BCUT2D eigenvalue weighted by Gasteiger charge is -2.32. The third-order valence-corrected chi connectivity index (χ3v) is 4.29. The first-order valence-corrected chi connectivity index (χ1v) is 7.35. The van der Waals surface area contributed by atoms with Crippen LogP contribution in [0.5, 0.6) is 5.75 Å². The average molecular weight is 278 g/mol. The molecule has 0 aromatic heterocycles. The minimum absolute atomic E-state index is 0.0130. The highest BCUT2D eigenvalue weighted by Gasteiger charge is 2.34. The van der Waals surface area contributed by atoms with Crippen molar-refractivity contribution in [3.05, 3.63) is 29.8 Å². The maximum absolute atomic E-state index is 9.78. The Morgan fingerprint density at radius 2 is 2.05 bits per heavy atom. The zero-order valence-corrected chi connectivity index (χ0v) is 12.6. The molecule has 1 aliphatic heterocycles. The number of ether oxygens (including phenoxy) is 1. The Balaban J connectivity index is 2.24. The van der Waals surface area contributed by atoms with Gasteiger partial charge in [0, 0.05) is 18.2 Å². The number of nitrogens with two attached hydrogens (primary N) is 1. The van der Waals surface area contributed by atoms with Gasteiger partial charge in [0.1, 0.15) is 5.75 Å². The summed E-state index contributed by atoms with van der Waals surface area (Å²) in [5.74, 6) is 1.22. The molecule has 0 amide bonds. The number of hydrogen-bond acceptors (Lipinski definition) is 4. The largest absolute Gasteiger partial charge is 0.496 e. The van der Waals surface area contributed by atoms with E-state index in [0.717, 1.165) is 30.8 Å². The molecule has 4 heteroatoms. The van der Waals surface area contributed by atoms with Gasteiger partial charge >= 0.3 is 0 Å². The lowest BCUT2D eigenvalue weighted by Crippen LogP contribution is -2.39. The van der Waals surface area contributed by atoms with E-state index in [1.807, 2.05) is 32.0 Å². The second-order valence-corrected chi connectivity index (χ2v) is 5.83. The van der Waals surface area contributed by atoms with Crippen LogP contribution in [0.3, 0.4) is 0 Å². The maximum Gasteiger partial charge on any atom is 0.123 e. The second kappa shape index (κ2) is 6.57. The molecular weight excluding hydrogens is 252 g/mol. The van der Waals surface area contributed by atoms with Crippen LogP contribution in [0, 0.1) is 5.92 Å². The monoisotopic (exact) mass is 278 g/mol. The van der Waals surface area contributed by atoms with Gasteiger partial charge in [0.05, 0.1) is 19.3 Å². The molecule has 4 unspecified atom stereocenters. The molecule has 1 aromatic carbocycles. The van der Waals surface area contributed by atoms with Gasteiger partial charge in [-0.15, -0.1) is 0 Å². The summed E-state index contributed by atoms with van der Waals surface area (Å²) >= 11 is 0. The SMILES string of the molecule is COc1ccccc1C(C(C)N)N1CCC(C(C)O)C1. The minimum atomic E-state index is -0.258. The summed E-state index contributed by atoms with van der Waals surface area (Å²) in [6, 6.07) is 8.21. The zero-order valence-electron chi connectivity index (χ0n) is 12.6. The molecule has 1 heterocycles. The fourth-order valence-corrected chi connectivity index (χ4v) is 3.19. The molecule has 0 bridgehead atoms. The smallest absolute Gasteiger partial charge is 0.123 e. The predicted octanol–water partition coefficient (Wildman–Crippen LogP) is 1.79. The molecule has 1 fully saturated rings. The van der Waals surface area contributed by atoms with Crippen molar-refractivity contribution in [2.24, 2.45) is 11.7 Å². The van der Waals surface area contributed by atoms with Gasteiger partial charge in [0.15, 0.2) is 0 Å². The Morgan fingerprint density at radius 1 is 1.35 bits per heavy atom. The third-order valence-electron chi connectivity index (χ3n) is 4.29. The molecule has 1 aliphatic rings. The van der Waals surface area contributed by atoms with Gasteiger partial charge in [0.25, 0.3) is 0 Å². The van der Waals surface area contributed by atoms with E-state index in [-0.39, 0.29) is 18.2 Å². The van der Waals surface area contributed by atoms with Gasteiger partial charge in [-0.05, 0) is 38.8 Å². The van der Waals surface area contributed by atoms with Crippen molar-refractivity contribution in [3.8, 4) is 5.75 Å². The molecule has 3 N–H and O–H groups in total. The highest BCUT2D eigenvalue weighted by molar-refractivity contribution is 5.36. The fraction of sp³-hybridized carbons (Fsp3) is 0.625. The molecule has 0 aliphatic carbocycles. The number of nitrogens with zero attached hydrogens (tertiary/aromatic N) is 1. The maximum atomic E-state index is 9.78. The first kappa shape index (κ1) is 15.3. The number of methoxy groups -OCH3 is 1. The van der Waals surface area contributed by atoms with E-state index < -0.39 is 0 Å². The number of likely N-dealkylation sites (tertiary alicyclic amines) is 1. The Morgan fingerprint density at radius 3 is 2.60 bits per heavy atom. The first-order chi connectivity index (χ1) is 9.54. The number of aliphatic hydroxyl groups is 1. The summed E-state index contributed by atoms with van der Waals surface area (Å²) in [5.41, 5.74) is 7.37. The normalized spacial score (nSPS) is 24.4. The van der Waals surface area contributed by atoms with Crippen LogP contribution in [0.4, 0.5) is 0 Å². The topological polar surface area (TPSA) is 58.7 Å². The van der Waals surface area contributed by atoms with Crippen molar-refractivity contribution in [2.45, 2.75) is 38.5 Å². The summed E-state index contributed by atoms with van der Waals surface area (Å²) in [7, 11) is 1.69. The molecule has 20 heavy (non-hydrogen) atoms. The van der Waals surface area contributed by atoms with Crippen molar-refractivity contribution in [1.29, 1.82) is 0 Å². The van der Waals surface area contributed by atoms with E-state index in [1.54, 1.807) is 7.11 Å². The van der Waals surface area contributed by atoms with Crippen LogP contribution >= 0.6 is 0 Å². The Bertz CT molecular complexity index is 434. The van der Waals surface area contributed by atoms with E-state index in [2.05, 4.69) is 11.0 Å². The van der Waals surface area contributed by atoms with Crippen molar-refractivity contribution < 1.29 is 9.84 Å². The zero-order chi connectivity index (χ0) is 14.7. The summed E-state index contributed by atoms with van der Waals surface area (Å²) in [6.45, 7) is 5.77. The van der Waals surface area contributed by atoms with Gasteiger partial charge < -0.3 is 15.6 Å². The van der Waals surface area contributed by atoms with E-state index in [0.29, 0.717) is 5.92 Å². The van der Waals surface area contributed by atoms with E-state index in [1.165, 1.54) is 0 Å². The molecule has 1 saturated heterocycles. The number of aliphatic hydroxyl groups excluding tert-OH is 1. The van der Waals surface area contributed by atoms with Gasteiger partial charge in [0.2, 0.25) is 0 Å². The van der Waals surface area contributed by atoms with Crippen molar-refractivity contribution >= 4 is 0 Å².